The van der Waals surface area contributed by atoms with Crippen molar-refractivity contribution in [3.05, 3.63) is 79.4 Å². The number of carbonyl (C=O) groups is 1. The van der Waals surface area contributed by atoms with Crippen molar-refractivity contribution in [2.24, 2.45) is 5.92 Å². The summed E-state index contributed by atoms with van der Waals surface area (Å²) in [6.45, 7) is 0.818. The number of benzene rings is 1. The van der Waals surface area contributed by atoms with Crippen LogP contribution in [0, 0.1) is 5.92 Å². The maximum atomic E-state index is 12.1. The first-order valence-corrected chi connectivity index (χ1v) is 12.1. The van der Waals surface area contributed by atoms with E-state index in [0.29, 0.717) is 11.6 Å². The fourth-order valence-electron chi connectivity index (χ4n) is 4.15. The minimum Gasteiger partial charge on any atom is -0.469 e. The maximum Gasteiger partial charge on any atom is 0.249 e. The second kappa shape index (κ2) is 9.65. The molecule has 1 unspecified atom stereocenters. The van der Waals surface area contributed by atoms with Crippen LogP contribution < -0.4 is 10.1 Å². The van der Waals surface area contributed by atoms with E-state index < -0.39 is 0 Å². The van der Waals surface area contributed by atoms with Crippen LogP contribution in [-0.4, -0.2) is 40.1 Å². The van der Waals surface area contributed by atoms with Crippen LogP contribution in [-0.2, 0) is 11.3 Å². The van der Waals surface area contributed by atoms with Crippen LogP contribution in [0.25, 0.3) is 16.9 Å². The van der Waals surface area contributed by atoms with Gasteiger partial charge < -0.3 is 4.74 Å². The zero-order chi connectivity index (χ0) is 24.3. The molecule has 0 spiro atoms. The molecule has 10 heteroatoms. The Kier molecular flexibility index (Phi) is 5.90. The summed E-state index contributed by atoms with van der Waals surface area (Å²) in [7, 11) is 0. The van der Waals surface area contributed by atoms with E-state index in [9.17, 15) is 4.79 Å². The van der Waals surface area contributed by atoms with Crippen molar-refractivity contribution in [1.29, 1.82) is 0 Å². The van der Waals surface area contributed by atoms with Gasteiger partial charge in [-0.25, -0.2) is 9.20 Å². The first-order chi connectivity index (χ1) is 17.7. The zero-order valence-corrected chi connectivity index (χ0v) is 19.6. The summed E-state index contributed by atoms with van der Waals surface area (Å²) in [5.74, 6) is 1.17. The molecule has 5 aromatic rings. The largest absolute Gasteiger partial charge is 0.469 e. The SMILES string of the molecule is O=C(Nc1nc2cccc(-c3ccc(OC(CCCn4cccn4)n4cccn4)cc3)n2n1)C1CC1. The van der Waals surface area contributed by atoms with Crippen LogP contribution in [0.4, 0.5) is 5.95 Å². The molecule has 0 saturated heterocycles. The number of aryl methyl sites for hydroxylation is 1. The number of ether oxygens (including phenoxy) is 1. The molecule has 1 aliphatic rings. The normalized spacial score (nSPS) is 14.1. The average Bonchev–Trinajstić information content (AvgIpc) is 3.26. The Hall–Kier alpha value is -4.47. The van der Waals surface area contributed by atoms with E-state index in [4.69, 9.17) is 4.74 Å². The van der Waals surface area contributed by atoms with Crippen LogP contribution in [0.15, 0.2) is 79.4 Å². The Balaban J connectivity index is 1.17. The van der Waals surface area contributed by atoms with Gasteiger partial charge in [-0.3, -0.25) is 14.8 Å². The Labute approximate surface area is 207 Å². The third-order valence-corrected chi connectivity index (χ3v) is 6.18. The van der Waals surface area contributed by atoms with Gasteiger partial charge in [-0.05, 0) is 67.8 Å². The number of hydrogen-bond donors (Lipinski definition) is 1. The summed E-state index contributed by atoms with van der Waals surface area (Å²) in [6, 6.07) is 17.5. The Morgan fingerprint density at radius 2 is 1.86 bits per heavy atom. The number of rotatable bonds is 10. The van der Waals surface area contributed by atoms with Crippen molar-refractivity contribution in [1.82, 2.24) is 34.2 Å². The lowest BCUT2D eigenvalue weighted by Gasteiger charge is -2.20. The molecule has 1 amide bonds. The lowest BCUT2D eigenvalue weighted by atomic mass is 10.1. The first-order valence-electron chi connectivity index (χ1n) is 12.1. The minimum atomic E-state index is -0.224. The highest BCUT2D eigenvalue weighted by atomic mass is 16.5. The first kappa shape index (κ1) is 22.0. The molecule has 36 heavy (non-hydrogen) atoms. The standard InChI is InChI=1S/C26H26N8O2/c35-25(20-8-9-20)30-26-29-23-6-1-5-22(34(23)31-26)19-10-12-21(13-11-19)36-24(33-18-4-15-28-33)7-2-16-32-17-3-14-27-32/h1,3-6,10-15,17-18,20,24H,2,7-9,16H2,(H,30,31,35). The molecule has 1 saturated carbocycles. The van der Waals surface area contributed by atoms with E-state index in [1.807, 2.05) is 76.4 Å². The van der Waals surface area contributed by atoms with Crippen LogP contribution in [0.3, 0.4) is 0 Å². The Morgan fingerprint density at radius 1 is 1.03 bits per heavy atom. The van der Waals surface area contributed by atoms with Crippen LogP contribution in [0.2, 0.25) is 0 Å². The van der Waals surface area contributed by atoms with Crippen LogP contribution in [0.5, 0.6) is 5.75 Å². The molecule has 10 nitrogen and oxygen atoms in total. The third kappa shape index (κ3) is 4.83. The Bertz CT molecular complexity index is 1440. The van der Waals surface area contributed by atoms with Gasteiger partial charge in [-0.15, -0.1) is 5.10 Å². The number of nitrogens with one attached hydrogen (secondary N) is 1. The van der Waals surface area contributed by atoms with Gasteiger partial charge in [-0.1, -0.05) is 6.07 Å². The van der Waals surface area contributed by atoms with E-state index in [1.165, 1.54) is 0 Å². The summed E-state index contributed by atoms with van der Waals surface area (Å²) in [5, 5.41) is 16.0. The summed E-state index contributed by atoms with van der Waals surface area (Å²) >= 11 is 0. The highest BCUT2D eigenvalue weighted by Crippen LogP contribution is 2.30. The van der Waals surface area contributed by atoms with E-state index in [2.05, 4.69) is 25.6 Å². The minimum absolute atomic E-state index is 0.00897. The van der Waals surface area contributed by atoms with Crippen molar-refractivity contribution < 1.29 is 9.53 Å². The van der Waals surface area contributed by atoms with Gasteiger partial charge in [0, 0.05) is 49.2 Å². The number of nitrogens with zero attached hydrogens (tertiary/aromatic N) is 7. The molecule has 1 fully saturated rings. The molecule has 4 heterocycles. The summed E-state index contributed by atoms with van der Waals surface area (Å²) < 4.78 is 11.8. The van der Waals surface area contributed by atoms with Gasteiger partial charge in [0.05, 0.1) is 5.69 Å². The molecular formula is C26H26N8O2. The molecular weight excluding hydrogens is 456 g/mol. The number of amides is 1. The van der Waals surface area contributed by atoms with Gasteiger partial charge in [0.2, 0.25) is 11.9 Å². The predicted molar refractivity (Wildman–Crippen MR) is 133 cm³/mol. The van der Waals surface area contributed by atoms with Crippen LogP contribution >= 0.6 is 0 Å². The molecule has 6 rings (SSSR count). The lowest BCUT2D eigenvalue weighted by Crippen LogP contribution is -2.17. The van der Waals surface area contributed by atoms with E-state index in [1.54, 1.807) is 16.9 Å². The smallest absolute Gasteiger partial charge is 0.249 e. The predicted octanol–water partition coefficient (Wildman–Crippen LogP) is 4.20. The van der Waals surface area contributed by atoms with Crippen molar-refractivity contribution in [2.45, 2.75) is 38.5 Å². The topological polar surface area (TPSA) is 104 Å². The van der Waals surface area contributed by atoms with Gasteiger partial charge in [0.1, 0.15) is 5.75 Å². The molecule has 1 aliphatic carbocycles. The third-order valence-electron chi connectivity index (χ3n) is 6.18. The average molecular weight is 483 g/mol. The quantitative estimate of drug-likeness (QED) is 0.320. The summed E-state index contributed by atoms with van der Waals surface area (Å²) in [5.41, 5.74) is 2.52. The van der Waals surface area contributed by atoms with Crippen molar-refractivity contribution in [2.75, 3.05) is 5.32 Å². The fourth-order valence-corrected chi connectivity index (χ4v) is 4.15. The number of carbonyl (C=O) groups excluding carboxylic acids is 1. The molecule has 4 aromatic heterocycles. The summed E-state index contributed by atoms with van der Waals surface area (Å²) in [4.78, 5) is 16.6. The number of fused-ring (bicyclic) bond motifs is 1. The van der Waals surface area contributed by atoms with Crippen molar-refractivity contribution in [3.8, 4) is 17.0 Å². The van der Waals surface area contributed by atoms with E-state index >= 15 is 0 Å². The molecule has 0 bridgehead atoms. The van der Waals surface area contributed by atoms with Gasteiger partial charge in [-0.2, -0.15) is 15.2 Å². The molecule has 1 atom stereocenters. The van der Waals surface area contributed by atoms with E-state index in [0.717, 1.165) is 49.2 Å². The second-order valence-electron chi connectivity index (χ2n) is 8.87. The number of hydrogen-bond acceptors (Lipinski definition) is 6. The van der Waals surface area contributed by atoms with E-state index in [-0.39, 0.29) is 18.1 Å². The number of aromatic nitrogens is 7. The number of anilines is 1. The fraction of sp³-hybridized carbons (Fsp3) is 0.269. The van der Waals surface area contributed by atoms with Gasteiger partial charge >= 0.3 is 0 Å². The monoisotopic (exact) mass is 482 g/mol. The zero-order valence-electron chi connectivity index (χ0n) is 19.6. The summed E-state index contributed by atoms with van der Waals surface area (Å²) in [6.07, 6.45) is 10.8. The van der Waals surface area contributed by atoms with Crippen molar-refractivity contribution >= 4 is 17.5 Å². The highest BCUT2D eigenvalue weighted by molar-refractivity contribution is 5.92. The van der Waals surface area contributed by atoms with Gasteiger partial charge in [0.25, 0.3) is 0 Å². The molecule has 1 N–H and O–H groups in total. The molecule has 1 aromatic carbocycles. The highest BCUT2D eigenvalue weighted by Gasteiger charge is 2.30. The molecule has 0 aliphatic heterocycles. The molecule has 182 valence electrons. The molecule has 0 radical (unpaired) electrons. The second-order valence-corrected chi connectivity index (χ2v) is 8.87. The number of pyridine rings is 1. The van der Waals surface area contributed by atoms with Gasteiger partial charge in [0.15, 0.2) is 11.9 Å². The maximum absolute atomic E-state index is 12.1. The lowest BCUT2D eigenvalue weighted by molar-refractivity contribution is -0.117. The Morgan fingerprint density at radius 3 is 2.61 bits per heavy atom. The van der Waals surface area contributed by atoms with Crippen LogP contribution in [0.1, 0.15) is 31.9 Å². The van der Waals surface area contributed by atoms with Crippen molar-refractivity contribution in [3.63, 3.8) is 0 Å².